The van der Waals surface area contributed by atoms with E-state index in [0.717, 1.165) is 23.8 Å². The summed E-state index contributed by atoms with van der Waals surface area (Å²) in [5.74, 6) is -5.21. The molecule has 3 aliphatic rings. The molecule has 0 amide bonds. The molecule has 36 heavy (non-hydrogen) atoms. The zero-order chi connectivity index (χ0) is 25.8. The SMILES string of the molecule is CC1CC2CC(c3ccc(C4=CC(F)C(C(F)(F)Oc5cc(F)c(F)c(F)c5)C(P)=C4)cc3)CC2C1. The summed E-state index contributed by atoms with van der Waals surface area (Å²) in [6.07, 6.45) is 1.24. The van der Waals surface area contributed by atoms with Gasteiger partial charge in [0.15, 0.2) is 17.5 Å². The first-order chi connectivity index (χ1) is 17.0. The number of benzene rings is 2. The van der Waals surface area contributed by atoms with Gasteiger partial charge in [0.2, 0.25) is 0 Å². The second kappa shape index (κ2) is 9.55. The van der Waals surface area contributed by atoms with Gasteiger partial charge >= 0.3 is 6.11 Å². The van der Waals surface area contributed by atoms with Gasteiger partial charge in [0, 0.05) is 12.1 Å². The van der Waals surface area contributed by atoms with Crippen molar-refractivity contribution in [3.8, 4) is 5.75 Å². The van der Waals surface area contributed by atoms with Crippen molar-refractivity contribution in [1.29, 1.82) is 0 Å². The molecule has 0 radical (unpaired) electrons. The lowest BCUT2D eigenvalue weighted by molar-refractivity contribution is -0.214. The third-order valence-corrected chi connectivity index (χ3v) is 8.40. The van der Waals surface area contributed by atoms with Crippen LogP contribution in [0.4, 0.5) is 26.3 Å². The molecule has 5 atom stereocenters. The summed E-state index contributed by atoms with van der Waals surface area (Å²) in [5.41, 5.74) is 2.42. The summed E-state index contributed by atoms with van der Waals surface area (Å²) in [4.78, 5) is 0. The van der Waals surface area contributed by atoms with E-state index >= 15 is 4.39 Å². The molecule has 0 aromatic heterocycles. The van der Waals surface area contributed by atoms with Crippen molar-refractivity contribution in [2.75, 3.05) is 0 Å². The molecular formula is C28H27F6OP. The Balaban J connectivity index is 1.30. The van der Waals surface area contributed by atoms with Crippen molar-refractivity contribution >= 4 is 14.8 Å². The van der Waals surface area contributed by atoms with Crippen LogP contribution in [-0.2, 0) is 0 Å². The largest absolute Gasteiger partial charge is 0.432 e. The Labute approximate surface area is 208 Å². The van der Waals surface area contributed by atoms with Crippen molar-refractivity contribution in [1.82, 2.24) is 0 Å². The van der Waals surface area contributed by atoms with Crippen LogP contribution in [0.3, 0.4) is 0 Å². The Morgan fingerprint density at radius 2 is 1.50 bits per heavy atom. The molecule has 1 nitrogen and oxygen atoms in total. The quantitative estimate of drug-likeness (QED) is 0.217. The van der Waals surface area contributed by atoms with Crippen LogP contribution < -0.4 is 4.74 Å². The summed E-state index contributed by atoms with van der Waals surface area (Å²) in [7, 11) is 2.11. The Kier molecular flexibility index (Phi) is 6.74. The Morgan fingerprint density at radius 3 is 2.06 bits per heavy atom. The molecule has 5 rings (SSSR count). The molecule has 0 N–H and O–H groups in total. The average molecular weight is 524 g/mol. The van der Waals surface area contributed by atoms with Crippen LogP contribution in [0.15, 0.2) is 53.9 Å². The van der Waals surface area contributed by atoms with Gasteiger partial charge < -0.3 is 4.74 Å². The van der Waals surface area contributed by atoms with Crippen LogP contribution in [0.1, 0.15) is 49.7 Å². The summed E-state index contributed by atoms with van der Waals surface area (Å²) in [6, 6.07) is 8.45. The van der Waals surface area contributed by atoms with E-state index in [-0.39, 0.29) is 5.31 Å². The Bertz CT molecular complexity index is 1170. The number of hydrogen-bond donors (Lipinski definition) is 0. The zero-order valence-corrected chi connectivity index (χ0v) is 20.8. The third kappa shape index (κ3) is 4.83. The molecule has 0 spiro atoms. The van der Waals surface area contributed by atoms with Gasteiger partial charge in [-0.1, -0.05) is 37.3 Å². The standard InChI is InChI=1S/C28H27F6OP/c1-14-6-17-8-19(9-18(17)7-14)15-2-4-16(5-3-15)20-10-22(29)26(25(36)11-20)28(33,34)35-21-12-23(30)27(32)24(31)13-21/h2-5,10-14,17-19,22,26H,6-9,36H2,1H3. The van der Waals surface area contributed by atoms with E-state index < -0.39 is 41.4 Å². The molecule has 0 saturated heterocycles. The van der Waals surface area contributed by atoms with Gasteiger partial charge in [-0.05, 0) is 77.4 Å². The van der Waals surface area contributed by atoms with Crippen molar-refractivity contribution in [3.05, 3.63) is 82.4 Å². The maximum Gasteiger partial charge on any atom is 0.408 e. The van der Waals surface area contributed by atoms with Gasteiger partial charge in [-0.15, -0.1) is 9.24 Å². The number of hydrogen-bond acceptors (Lipinski definition) is 1. The van der Waals surface area contributed by atoms with Crippen LogP contribution in [0.25, 0.3) is 5.57 Å². The van der Waals surface area contributed by atoms with Crippen molar-refractivity contribution in [2.24, 2.45) is 23.7 Å². The van der Waals surface area contributed by atoms with Gasteiger partial charge in [-0.2, -0.15) is 8.78 Å². The Hall–Kier alpha value is -2.27. The summed E-state index contributed by atoms with van der Waals surface area (Å²) >= 11 is 0. The summed E-state index contributed by atoms with van der Waals surface area (Å²) < 4.78 is 89.2. The lowest BCUT2D eigenvalue weighted by atomic mass is 9.88. The first-order valence-electron chi connectivity index (χ1n) is 12.2. The van der Waals surface area contributed by atoms with Crippen LogP contribution in [0, 0.1) is 41.1 Å². The molecule has 0 aliphatic heterocycles. The first kappa shape index (κ1) is 25.4. The van der Waals surface area contributed by atoms with E-state index in [1.807, 2.05) is 24.3 Å². The highest BCUT2D eigenvalue weighted by Gasteiger charge is 2.49. The van der Waals surface area contributed by atoms with Crippen LogP contribution >= 0.6 is 9.24 Å². The van der Waals surface area contributed by atoms with Gasteiger partial charge in [-0.3, -0.25) is 0 Å². The fourth-order valence-corrected chi connectivity index (χ4v) is 6.84. The minimum atomic E-state index is -4.15. The molecule has 0 bridgehead atoms. The summed E-state index contributed by atoms with van der Waals surface area (Å²) in [5, 5.41) is -0.0603. The predicted octanol–water partition coefficient (Wildman–Crippen LogP) is 8.43. The molecule has 192 valence electrons. The molecule has 0 heterocycles. The van der Waals surface area contributed by atoms with Crippen LogP contribution in [-0.4, -0.2) is 12.3 Å². The second-order valence-electron chi connectivity index (χ2n) is 10.4. The van der Waals surface area contributed by atoms with Crippen molar-refractivity contribution < 1.29 is 31.1 Å². The number of alkyl halides is 3. The number of halogens is 6. The molecule has 2 fully saturated rings. The average Bonchev–Trinajstić information content (AvgIpc) is 3.34. The first-order valence-corrected chi connectivity index (χ1v) is 12.7. The fraction of sp³-hybridized carbons (Fsp3) is 0.429. The highest BCUT2D eigenvalue weighted by atomic mass is 31.0. The topological polar surface area (TPSA) is 9.23 Å². The third-order valence-electron chi connectivity index (χ3n) is 7.88. The van der Waals surface area contributed by atoms with E-state index in [1.54, 1.807) is 0 Å². The molecule has 8 heteroatoms. The minimum absolute atomic E-state index is 0.0603. The molecule has 2 aromatic carbocycles. The smallest absolute Gasteiger partial charge is 0.408 e. The molecular weight excluding hydrogens is 497 g/mol. The summed E-state index contributed by atoms with van der Waals surface area (Å²) in [6.45, 7) is 2.32. The number of rotatable bonds is 5. The van der Waals surface area contributed by atoms with Crippen molar-refractivity contribution in [2.45, 2.75) is 50.8 Å². The lowest BCUT2D eigenvalue weighted by Crippen LogP contribution is -2.41. The zero-order valence-electron chi connectivity index (χ0n) is 19.7. The van der Waals surface area contributed by atoms with E-state index in [0.29, 0.717) is 29.2 Å². The highest BCUT2D eigenvalue weighted by Crippen LogP contribution is 2.52. The second-order valence-corrected chi connectivity index (χ2v) is 11.1. The van der Waals surface area contributed by atoms with Gasteiger partial charge in [0.25, 0.3) is 0 Å². The number of fused-ring (bicyclic) bond motifs is 1. The monoisotopic (exact) mass is 524 g/mol. The fourth-order valence-electron chi connectivity index (χ4n) is 6.28. The van der Waals surface area contributed by atoms with E-state index in [4.69, 9.17) is 0 Å². The molecule has 2 saturated carbocycles. The molecule has 5 unspecified atom stereocenters. The predicted molar refractivity (Wildman–Crippen MR) is 130 cm³/mol. The van der Waals surface area contributed by atoms with Crippen molar-refractivity contribution in [3.63, 3.8) is 0 Å². The normalized spacial score (nSPS) is 30.1. The maximum absolute atomic E-state index is 15.0. The molecule has 3 aliphatic carbocycles. The number of ether oxygens (including phenoxy) is 1. The highest BCUT2D eigenvalue weighted by molar-refractivity contribution is 7.22. The van der Waals surface area contributed by atoms with Gasteiger partial charge in [-0.25, -0.2) is 17.6 Å². The molecule has 2 aromatic rings. The lowest BCUT2D eigenvalue weighted by Gasteiger charge is -2.31. The Morgan fingerprint density at radius 1 is 0.917 bits per heavy atom. The number of allylic oxidation sites excluding steroid dienone is 3. The van der Waals surface area contributed by atoms with Gasteiger partial charge in [0.05, 0.1) is 0 Å². The maximum atomic E-state index is 15.0. The minimum Gasteiger partial charge on any atom is -0.432 e. The van der Waals surface area contributed by atoms with E-state index in [2.05, 4.69) is 20.9 Å². The van der Waals surface area contributed by atoms with Crippen LogP contribution in [0.5, 0.6) is 5.75 Å². The van der Waals surface area contributed by atoms with E-state index in [9.17, 15) is 22.0 Å². The van der Waals surface area contributed by atoms with E-state index in [1.165, 1.54) is 37.3 Å². The van der Waals surface area contributed by atoms with Gasteiger partial charge in [0.1, 0.15) is 17.8 Å². The van der Waals surface area contributed by atoms with Crippen LogP contribution in [0.2, 0.25) is 0 Å².